The molecule has 0 unspecified atom stereocenters. The van der Waals surface area contributed by atoms with Crippen molar-refractivity contribution in [2.24, 2.45) is 4.99 Å². The van der Waals surface area contributed by atoms with E-state index in [1.54, 1.807) is 7.05 Å². The number of nitrogens with one attached hydrogen (secondary N) is 1. The maximum Gasteiger partial charge on any atom is 0.193 e. The fourth-order valence-electron chi connectivity index (χ4n) is 2.47. The fourth-order valence-corrected chi connectivity index (χ4v) is 3.59. The van der Waals surface area contributed by atoms with Gasteiger partial charge in [0.25, 0.3) is 0 Å². The Labute approximate surface area is 160 Å². The van der Waals surface area contributed by atoms with Gasteiger partial charge in [0.15, 0.2) is 29.2 Å². The van der Waals surface area contributed by atoms with E-state index in [0.29, 0.717) is 12.5 Å². The molecular formula is C15H20F4IN3S. The van der Waals surface area contributed by atoms with Gasteiger partial charge in [-0.25, -0.2) is 17.6 Å². The second-order valence-corrected chi connectivity index (χ2v) is 7.68. The van der Waals surface area contributed by atoms with E-state index in [1.807, 2.05) is 16.7 Å². The Bertz CT molecular complexity index is 599. The molecule has 0 amide bonds. The Morgan fingerprint density at radius 2 is 1.83 bits per heavy atom. The van der Waals surface area contributed by atoms with E-state index >= 15 is 0 Å². The van der Waals surface area contributed by atoms with Crippen LogP contribution in [0.15, 0.2) is 11.1 Å². The molecule has 0 aromatic heterocycles. The Balaban J connectivity index is 0.00000288. The zero-order chi connectivity index (χ0) is 17.2. The standard InChI is InChI=1S/C15H19F4N3S.HI/c1-15(2)8-22(4-5-23-15)14(20-3)21-7-9-12(18)10(16)6-11(17)13(9)19;/h6H,4-5,7-8H2,1-3H3,(H,20,21);1H. The van der Waals surface area contributed by atoms with Gasteiger partial charge in [-0.15, -0.1) is 24.0 Å². The zero-order valence-corrected chi connectivity index (χ0v) is 16.8. The average Bonchev–Trinajstić information content (AvgIpc) is 2.48. The molecule has 1 saturated heterocycles. The summed E-state index contributed by atoms with van der Waals surface area (Å²) in [5.41, 5.74) is -0.672. The monoisotopic (exact) mass is 477 g/mol. The molecule has 2 rings (SSSR count). The summed E-state index contributed by atoms with van der Waals surface area (Å²) in [6.07, 6.45) is 0. The number of benzene rings is 1. The van der Waals surface area contributed by atoms with Crippen LogP contribution < -0.4 is 5.32 Å². The number of halogens is 5. The van der Waals surface area contributed by atoms with Gasteiger partial charge in [-0.3, -0.25) is 4.99 Å². The largest absolute Gasteiger partial charge is 0.352 e. The molecule has 1 aromatic rings. The highest BCUT2D eigenvalue weighted by Gasteiger charge is 2.29. The molecule has 1 aliphatic rings. The summed E-state index contributed by atoms with van der Waals surface area (Å²) in [4.78, 5) is 6.05. The van der Waals surface area contributed by atoms with Crippen LogP contribution in [0.2, 0.25) is 0 Å². The molecule has 0 aliphatic carbocycles. The summed E-state index contributed by atoms with van der Waals surface area (Å²) in [5, 5.41) is 2.78. The highest BCUT2D eigenvalue weighted by atomic mass is 127. The third-order valence-corrected chi connectivity index (χ3v) is 4.86. The first-order chi connectivity index (χ1) is 10.7. The summed E-state index contributed by atoms with van der Waals surface area (Å²) in [7, 11) is 1.55. The number of nitrogens with zero attached hydrogens (tertiary/aromatic N) is 2. The number of thioether (sulfide) groups is 1. The van der Waals surface area contributed by atoms with Crippen LogP contribution in [0.1, 0.15) is 19.4 Å². The molecule has 1 heterocycles. The molecule has 0 saturated carbocycles. The van der Waals surface area contributed by atoms with Crippen molar-refractivity contribution in [1.82, 2.24) is 10.2 Å². The van der Waals surface area contributed by atoms with Crippen LogP contribution in [0.25, 0.3) is 0 Å². The van der Waals surface area contributed by atoms with E-state index in [0.717, 1.165) is 12.3 Å². The maximum atomic E-state index is 13.7. The molecular weight excluding hydrogens is 457 g/mol. The molecule has 0 spiro atoms. The van der Waals surface area contributed by atoms with Crippen molar-refractivity contribution in [3.05, 3.63) is 34.9 Å². The number of hydrogen-bond donors (Lipinski definition) is 1. The van der Waals surface area contributed by atoms with Crippen LogP contribution in [-0.2, 0) is 6.54 Å². The van der Waals surface area contributed by atoms with Gasteiger partial charge < -0.3 is 10.2 Å². The second-order valence-electron chi connectivity index (χ2n) is 5.88. The van der Waals surface area contributed by atoms with Crippen LogP contribution in [-0.4, -0.2) is 41.5 Å². The van der Waals surface area contributed by atoms with Crippen molar-refractivity contribution < 1.29 is 17.6 Å². The van der Waals surface area contributed by atoms with E-state index in [1.165, 1.54) is 0 Å². The predicted molar refractivity (Wildman–Crippen MR) is 100.0 cm³/mol. The highest BCUT2D eigenvalue weighted by molar-refractivity contribution is 14.0. The molecule has 0 bridgehead atoms. The van der Waals surface area contributed by atoms with Crippen LogP contribution in [0.3, 0.4) is 0 Å². The maximum absolute atomic E-state index is 13.7. The van der Waals surface area contributed by atoms with E-state index in [-0.39, 0.29) is 41.3 Å². The molecule has 136 valence electrons. The summed E-state index contributed by atoms with van der Waals surface area (Å²) >= 11 is 1.83. The first-order valence-electron chi connectivity index (χ1n) is 7.16. The van der Waals surface area contributed by atoms with Gasteiger partial charge in [0.2, 0.25) is 0 Å². The lowest BCUT2D eigenvalue weighted by molar-refractivity contribution is 0.373. The van der Waals surface area contributed by atoms with Crippen LogP contribution >= 0.6 is 35.7 Å². The van der Waals surface area contributed by atoms with Crippen LogP contribution in [0.4, 0.5) is 17.6 Å². The van der Waals surface area contributed by atoms with Gasteiger partial charge in [-0.2, -0.15) is 11.8 Å². The van der Waals surface area contributed by atoms with E-state index in [9.17, 15) is 17.6 Å². The smallest absolute Gasteiger partial charge is 0.193 e. The first kappa shape index (κ1) is 21.3. The molecule has 9 heteroatoms. The second kappa shape index (κ2) is 8.59. The molecule has 1 aliphatic heterocycles. The average molecular weight is 477 g/mol. The molecule has 1 aromatic carbocycles. The number of guanidine groups is 1. The lowest BCUT2D eigenvalue weighted by Crippen LogP contribution is -2.50. The fraction of sp³-hybridized carbons (Fsp3) is 0.533. The van der Waals surface area contributed by atoms with Gasteiger partial charge in [0.1, 0.15) is 0 Å². The minimum absolute atomic E-state index is 0. The number of aliphatic imine (C=N–C) groups is 1. The SMILES string of the molecule is CN=C(NCc1c(F)c(F)cc(F)c1F)N1CCSC(C)(C)C1.I. The van der Waals surface area contributed by atoms with Crippen molar-refractivity contribution in [1.29, 1.82) is 0 Å². The molecule has 3 nitrogen and oxygen atoms in total. The number of rotatable bonds is 2. The lowest BCUT2D eigenvalue weighted by atomic mass is 10.1. The summed E-state index contributed by atoms with van der Waals surface area (Å²) in [5.74, 6) is -4.26. The van der Waals surface area contributed by atoms with Crippen molar-refractivity contribution in [2.75, 3.05) is 25.9 Å². The Morgan fingerprint density at radius 3 is 2.33 bits per heavy atom. The first-order valence-corrected chi connectivity index (χ1v) is 8.15. The van der Waals surface area contributed by atoms with Crippen LogP contribution in [0.5, 0.6) is 0 Å². The summed E-state index contributed by atoms with van der Waals surface area (Å²) < 4.78 is 53.9. The van der Waals surface area contributed by atoms with Gasteiger partial charge in [0.05, 0.1) is 0 Å². The minimum atomic E-state index is -1.41. The van der Waals surface area contributed by atoms with Gasteiger partial charge in [-0.1, -0.05) is 0 Å². The minimum Gasteiger partial charge on any atom is -0.352 e. The van der Waals surface area contributed by atoms with Gasteiger partial charge in [-0.05, 0) is 13.8 Å². The zero-order valence-electron chi connectivity index (χ0n) is 13.6. The van der Waals surface area contributed by atoms with Gasteiger partial charge in [0, 0.05) is 48.8 Å². The lowest BCUT2D eigenvalue weighted by Gasteiger charge is -2.39. The molecule has 24 heavy (non-hydrogen) atoms. The van der Waals surface area contributed by atoms with Crippen molar-refractivity contribution in [3.63, 3.8) is 0 Å². The normalized spacial score (nSPS) is 17.5. The van der Waals surface area contributed by atoms with Crippen molar-refractivity contribution >= 4 is 41.7 Å². The predicted octanol–water partition coefficient (Wildman–Crippen LogP) is 3.76. The van der Waals surface area contributed by atoms with E-state index in [4.69, 9.17) is 0 Å². The molecule has 1 N–H and O–H groups in total. The Kier molecular flexibility index (Phi) is 7.64. The Hall–Kier alpha value is -0.710. The third-order valence-electron chi connectivity index (χ3n) is 3.56. The summed E-state index contributed by atoms with van der Waals surface area (Å²) in [6.45, 7) is 5.25. The van der Waals surface area contributed by atoms with E-state index < -0.39 is 28.8 Å². The molecule has 1 fully saturated rings. The van der Waals surface area contributed by atoms with Gasteiger partial charge >= 0.3 is 0 Å². The van der Waals surface area contributed by atoms with Crippen molar-refractivity contribution in [3.8, 4) is 0 Å². The van der Waals surface area contributed by atoms with Crippen molar-refractivity contribution in [2.45, 2.75) is 25.1 Å². The quantitative estimate of drug-likeness (QED) is 0.231. The highest BCUT2D eigenvalue weighted by Crippen LogP contribution is 2.29. The number of hydrogen-bond acceptors (Lipinski definition) is 2. The van der Waals surface area contributed by atoms with Crippen LogP contribution in [0, 0.1) is 23.3 Å². The third kappa shape index (κ3) is 4.90. The molecule has 0 radical (unpaired) electrons. The topological polar surface area (TPSA) is 27.6 Å². The molecule has 0 atom stereocenters. The Morgan fingerprint density at radius 1 is 1.25 bits per heavy atom. The van der Waals surface area contributed by atoms with E-state index in [2.05, 4.69) is 24.2 Å². The summed E-state index contributed by atoms with van der Waals surface area (Å²) in [6, 6.07) is 0.202.